The van der Waals surface area contributed by atoms with Crippen LogP contribution in [-0.2, 0) is 22.6 Å². The van der Waals surface area contributed by atoms with Crippen molar-refractivity contribution in [2.75, 3.05) is 0 Å². The SMILES string of the molecule is CCCCCc1ncsc1CO[C]=O. The molecule has 0 unspecified atom stereocenters. The summed E-state index contributed by atoms with van der Waals surface area (Å²) in [5.41, 5.74) is 2.86. The molecule has 3 nitrogen and oxygen atoms in total. The Morgan fingerprint density at radius 3 is 3.14 bits per heavy atom. The van der Waals surface area contributed by atoms with Gasteiger partial charge in [0.1, 0.15) is 6.61 Å². The Kier molecular flexibility index (Phi) is 5.22. The summed E-state index contributed by atoms with van der Waals surface area (Å²) in [5, 5.41) is 0. The molecule has 1 radical (unpaired) electrons. The number of rotatable bonds is 7. The van der Waals surface area contributed by atoms with Crippen molar-refractivity contribution in [2.24, 2.45) is 0 Å². The zero-order valence-corrected chi connectivity index (χ0v) is 9.10. The van der Waals surface area contributed by atoms with Crippen molar-refractivity contribution in [1.29, 1.82) is 0 Å². The van der Waals surface area contributed by atoms with Crippen LogP contribution in [0, 0.1) is 0 Å². The molecule has 1 aromatic rings. The molecule has 0 atom stereocenters. The number of aryl methyl sites for hydroxylation is 1. The summed E-state index contributed by atoms with van der Waals surface area (Å²) in [6.45, 7) is 3.92. The highest BCUT2D eigenvalue weighted by Gasteiger charge is 2.05. The molecular formula is C10H14NO2S. The van der Waals surface area contributed by atoms with Crippen molar-refractivity contribution in [1.82, 2.24) is 4.98 Å². The molecule has 1 heterocycles. The van der Waals surface area contributed by atoms with Crippen LogP contribution < -0.4 is 0 Å². The Morgan fingerprint density at radius 2 is 2.43 bits per heavy atom. The Balaban J connectivity index is 2.40. The third-order valence-corrected chi connectivity index (χ3v) is 2.85. The van der Waals surface area contributed by atoms with Crippen molar-refractivity contribution in [3.63, 3.8) is 0 Å². The fourth-order valence-electron chi connectivity index (χ4n) is 1.25. The summed E-state index contributed by atoms with van der Waals surface area (Å²) in [6.07, 6.45) is 4.56. The number of aromatic nitrogens is 1. The number of hydrogen-bond acceptors (Lipinski definition) is 4. The van der Waals surface area contributed by atoms with Gasteiger partial charge in [0.25, 0.3) is 0 Å². The van der Waals surface area contributed by atoms with Gasteiger partial charge in [0, 0.05) is 0 Å². The average molecular weight is 212 g/mol. The molecule has 0 fully saturated rings. The molecule has 0 amide bonds. The lowest BCUT2D eigenvalue weighted by atomic mass is 10.1. The van der Waals surface area contributed by atoms with Crippen molar-refractivity contribution < 1.29 is 9.53 Å². The Morgan fingerprint density at radius 1 is 1.57 bits per heavy atom. The highest BCUT2D eigenvalue weighted by molar-refractivity contribution is 7.09. The van der Waals surface area contributed by atoms with Gasteiger partial charge in [-0.2, -0.15) is 0 Å². The summed E-state index contributed by atoms with van der Waals surface area (Å²) < 4.78 is 4.59. The molecule has 0 bridgehead atoms. The Hall–Kier alpha value is -0.900. The van der Waals surface area contributed by atoms with E-state index in [1.54, 1.807) is 5.51 Å². The van der Waals surface area contributed by atoms with Gasteiger partial charge in [-0.1, -0.05) is 19.8 Å². The van der Waals surface area contributed by atoms with Gasteiger partial charge in [-0.05, 0) is 12.8 Å². The number of carbonyl (C=O) groups excluding carboxylic acids is 1. The van der Waals surface area contributed by atoms with Gasteiger partial charge in [-0.3, -0.25) is 0 Å². The van der Waals surface area contributed by atoms with Crippen LogP contribution in [0.3, 0.4) is 0 Å². The molecule has 14 heavy (non-hydrogen) atoms. The fourth-order valence-corrected chi connectivity index (χ4v) is 1.98. The molecule has 0 aliphatic rings. The van der Waals surface area contributed by atoms with Gasteiger partial charge >= 0.3 is 6.47 Å². The predicted octanol–water partition coefficient (Wildman–Crippen LogP) is 2.46. The number of ether oxygens (including phenoxy) is 1. The van der Waals surface area contributed by atoms with E-state index in [4.69, 9.17) is 0 Å². The maximum atomic E-state index is 9.91. The van der Waals surface area contributed by atoms with Crippen molar-refractivity contribution >= 4 is 17.8 Å². The average Bonchev–Trinajstić information content (AvgIpc) is 2.63. The quantitative estimate of drug-likeness (QED) is 0.652. The van der Waals surface area contributed by atoms with Crippen LogP contribution in [0.5, 0.6) is 0 Å². The van der Waals surface area contributed by atoms with E-state index < -0.39 is 0 Å². The maximum Gasteiger partial charge on any atom is 0.417 e. The number of nitrogens with zero attached hydrogens (tertiary/aromatic N) is 1. The van der Waals surface area contributed by atoms with E-state index in [-0.39, 0.29) is 0 Å². The van der Waals surface area contributed by atoms with Crippen LogP contribution in [0.25, 0.3) is 0 Å². The fraction of sp³-hybridized carbons (Fsp3) is 0.600. The molecule has 0 aliphatic carbocycles. The molecule has 0 aliphatic heterocycles. The molecule has 0 saturated heterocycles. The van der Waals surface area contributed by atoms with Crippen molar-refractivity contribution in [2.45, 2.75) is 39.2 Å². The van der Waals surface area contributed by atoms with E-state index in [0.717, 1.165) is 23.4 Å². The van der Waals surface area contributed by atoms with E-state index in [1.807, 2.05) is 0 Å². The minimum absolute atomic E-state index is 0.315. The van der Waals surface area contributed by atoms with E-state index in [1.165, 1.54) is 30.7 Å². The first-order chi connectivity index (χ1) is 6.88. The normalized spacial score (nSPS) is 10.1. The molecule has 4 heteroatoms. The first-order valence-electron chi connectivity index (χ1n) is 4.78. The summed E-state index contributed by atoms with van der Waals surface area (Å²) in [5.74, 6) is 0. The lowest BCUT2D eigenvalue weighted by molar-refractivity contribution is 0.268. The molecule has 0 spiro atoms. The first-order valence-corrected chi connectivity index (χ1v) is 5.66. The van der Waals surface area contributed by atoms with E-state index in [0.29, 0.717) is 6.61 Å². The standard InChI is InChI=1S/C10H14NO2S/c1-2-3-4-5-9-10(6-13-8-12)14-7-11-9/h7H,2-6H2,1H3. The second kappa shape index (κ2) is 6.54. The van der Waals surface area contributed by atoms with Gasteiger partial charge in [0.2, 0.25) is 0 Å². The summed E-state index contributed by atoms with van der Waals surface area (Å²) in [7, 11) is 0. The van der Waals surface area contributed by atoms with Crippen LogP contribution in [0.4, 0.5) is 0 Å². The second-order valence-corrected chi connectivity index (χ2v) is 3.99. The zero-order valence-electron chi connectivity index (χ0n) is 8.28. The highest BCUT2D eigenvalue weighted by Crippen LogP contribution is 2.16. The van der Waals surface area contributed by atoms with Crippen LogP contribution >= 0.6 is 11.3 Å². The lowest BCUT2D eigenvalue weighted by Crippen LogP contribution is -1.94. The smallest absolute Gasteiger partial charge is 0.417 e. The molecule has 0 saturated carbocycles. The largest absolute Gasteiger partial charge is 0.451 e. The summed E-state index contributed by atoms with van der Waals surface area (Å²) >= 11 is 1.53. The first kappa shape index (κ1) is 11.2. The summed E-state index contributed by atoms with van der Waals surface area (Å²) in [4.78, 5) is 15.2. The third kappa shape index (κ3) is 3.46. The maximum absolute atomic E-state index is 9.91. The lowest BCUT2D eigenvalue weighted by Gasteiger charge is -1.99. The minimum atomic E-state index is 0.315. The highest BCUT2D eigenvalue weighted by atomic mass is 32.1. The second-order valence-electron chi connectivity index (χ2n) is 3.05. The molecule has 1 aromatic heterocycles. The van der Waals surface area contributed by atoms with E-state index in [9.17, 15) is 4.79 Å². The molecule has 1 rings (SSSR count). The number of hydrogen-bond donors (Lipinski definition) is 0. The van der Waals surface area contributed by atoms with Crippen LogP contribution in [0.2, 0.25) is 0 Å². The van der Waals surface area contributed by atoms with Gasteiger partial charge in [0.05, 0.1) is 16.1 Å². The summed E-state index contributed by atoms with van der Waals surface area (Å²) in [6, 6.07) is 0. The van der Waals surface area contributed by atoms with Gasteiger partial charge in [-0.15, -0.1) is 11.3 Å². The molecule has 0 N–H and O–H groups in total. The third-order valence-electron chi connectivity index (χ3n) is 2.00. The van der Waals surface area contributed by atoms with E-state index >= 15 is 0 Å². The van der Waals surface area contributed by atoms with Gasteiger partial charge in [-0.25, -0.2) is 9.78 Å². The Labute approximate surface area is 88.1 Å². The monoisotopic (exact) mass is 212 g/mol. The topological polar surface area (TPSA) is 39.2 Å². The van der Waals surface area contributed by atoms with Crippen molar-refractivity contribution in [3.8, 4) is 0 Å². The van der Waals surface area contributed by atoms with Crippen LogP contribution in [0.15, 0.2) is 5.51 Å². The molecule has 77 valence electrons. The van der Waals surface area contributed by atoms with Gasteiger partial charge < -0.3 is 4.74 Å². The number of unbranched alkanes of at least 4 members (excludes halogenated alkanes) is 2. The van der Waals surface area contributed by atoms with Crippen LogP contribution in [-0.4, -0.2) is 11.5 Å². The molecule has 0 aromatic carbocycles. The Bertz CT molecular complexity index is 273. The number of thiazole rings is 1. The van der Waals surface area contributed by atoms with Gasteiger partial charge in [0.15, 0.2) is 0 Å². The minimum Gasteiger partial charge on any atom is -0.451 e. The van der Waals surface area contributed by atoms with Crippen molar-refractivity contribution in [3.05, 3.63) is 16.1 Å². The molecular weight excluding hydrogens is 198 g/mol. The van der Waals surface area contributed by atoms with Crippen LogP contribution in [0.1, 0.15) is 36.8 Å². The van der Waals surface area contributed by atoms with E-state index in [2.05, 4.69) is 16.6 Å². The predicted molar refractivity (Wildman–Crippen MR) is 55.8 cm³/mol. The zero-order chi connectivity index (χ0) is 10.2.